The maximum Gasteiger partial charge on any atom is 0.170 e. The van der Waals surface area contributed by atoms with E-state index in [0.29, 0.717) is 11.6 Å². The summed E-state index contributed by atoms with van der Waals surface area (Å²) in [5.41, 5.74) is 2.68. The molecule has 4 heteroatoms. The predicted molar refractivity (Wildman–Crippen MR) is 74.8 cm³/mol. The van der Waals surface area contributed by atoms with Crippen LogP contribution in [-0.2, 0) is 0 Å². The van der Waals surface area contributed by atoms with Crippen LogP contribution in [0.2, 0.25) is 0 Å². The zero-order valence-corrected chi connectivity index (χ0v) is 11.5. The second kappa shape index (κ2) is 4.78. The third-order valence-electron chi connectivity index (χ3n) is 4.04. The summed E-state index contributed by atoms with van der Waals surface area (Å²) in [4.78, 5) is 18.1. The summed E-state index contributed by atoms with van der Waals surface area (Å²) in [6.45, 7) is 4.27. The van der Waals surface area contributed by atoms with E-state index in [1.165, 1.54) is 5.56 Å². The lowest BCUT2D eigenvalue weighted by molar-refractivity contribution is 0.112. The first kappa shape index (κ1) is 12.4. The number of hydrogen-bond donors (Lipinski definition) is 0. The zero-order chi connectivity index (χ0) is 13.4. The molecule has 0 aliphatic carbocycles. The quantitative estimate of drug-likeness (QED) is 0.774. The number of likely N-dealkylation sites (tertiary alicyclic amines) is 1. The summed E-state index contributed by atoms with van der Waals surface area (Å²) in [5, 5.41) is 0. The molecule has 0 radical (unpaired) electrons. The van der Waals surface area contributed by atoms with Gasteiger partial charge in [0.25, 0.3) is 0 Å². The van der Waals surface area contributed by atoms with Crippen LogP contribution in [0.1, 0.15) is 40.6 Å². The molecule has 4 nitrogen and oxygen atoms in total. The van der Waals surface area contributed by atoms with Gasteiger partial charge in [0.1, 0.15) is 11.5 Å². The van der Waals surface area contributed by atoms with Crippen molar-refractivity contribution in [2.24, 2.45) is 0 Å². The summed E-state index contributed by atoms with van der Waals surface area (Å²) < 4.78 is 2.11. The molecule has 19 heavy (non-hydrogen) atoms. The van der Waals surface area contributed by atoms with Crippen LogP contribution in [0.4, 0.5) is 0 Å². The Bertz CT molecular complexity index is 609. The lowest BCUT2D eigenvalue weighted by Crippen LogP contribution is -2.29. The van der Waals surface area contributed by atoms with Gasteiger partial charge in [0.05, 0.1) is 5.52 Å². The van der Waals surface area contributed by atoms with Crippen molar-refractivity contribution >= 4 is 11.8 Å². The third kappa shape index (κ3) is 2.16. The summed E-state index contributed by atoms with van der Waals surface area (Å²) in [6.07, 6.45) is 5.18. The topological polar surface area (TPSA) is 37.6 Å². The molecule has 3 rings (SSSR count). The number of pyridine rings is 1. The van der Waals surface area contributed by atoms with Gasteiger partial charge in [-0.3, -0.25) is 4.79 Å². The molecule has 0 unspecified atom stereocenters. The highest BCUT2D eigenvalue weighted by molar-refractivity contribution is 5.83. The summed E-state index contributed by atoms with van der Waals surface area (Å²) >= 11 is 0. The Morgan fingerprint density at radius 3 is 2.74 bits per heavy atom. The van der Waals surface area contributed by atoms with Crippen LogP contribution in [0, 0.1) is 6.92 Å². The normalized spacial score (nSPS) is 18.0. The Balaban J connectivity index is 2.07. The van der Waals surface area contributed by atoms with Crippen LogP contribution in [0.5, 0.6) is 0 Å². The van der Waals surface area contributed by atoms with Crippen molar-refractivity contribution in [1.82, 2.24) is 14.3 Å². The van der Waals surface area contributed by atoms with E-state index in [2.05, 4.69) is 34.5 Å². The minimum Gasteiger partial charge on any atom is -0.306 e. The molecule has 0 N–H and O–H groups in total. The second-order valence-electron chi connectivity index (χ2n) is 5.51. The number of fused-ring (bicyclic) bond motifs is 1. The van der Waals surface area contributed by atoms with Gasteiger partial charge in [0.2, 0.25) is 0 Å². The first-order valence-electron chi connectivity index (χ1n) is 6.81. The zero-order valence-electron chi connectivity index (χ0n) is 11.5. The molecule has 100 valence electrons. The number of nitrogens with zero attached hydrogens (tertiary/aromatic N) is 3. The first-order chi connectivity index (χ1) is 9.19. The molecule has 3 heterocycles. The maximum absolute atomic E-state index is 11.2. The Labute approximate surface area is 113 Å². The number of aromatic nitrogens is 2. The smallest absolute Gasteiger partial charge is 0.170 e. The Morgan fingerprint density at radius 1 is 1.32 bits per heavy atom. The van der Waals surface area contributed by atoms with E-state index < -0.39 is 0 Å². The van der Waals surface area contributed by atoms with E-state index >= 15 is 0 Å². The van der Waals surface area contributed by atoms with E-state index in [9.17, 15) is 4.79 Å². The van der Waals surface area contributed by atoms with Crippen LogP contribution in [0.3, 0.4) is 0 Å². The number of rotatable bonds is 2. The molecule has 0 bridgehead atoms. The first-order valence-corrected chi connectivity index (χ1v) is 6.81. The van der Waals surface area contributed by atoms with Crippen LogP contribution in [0.15, 0.2) is 18.3 Å². The van der Waals surface area contributed by atoms with Crippen molar-refractivity contribution in [1.29, 1.82) is 0 Å². The fourth-order valence-electron chi connectivity index (χ4n) is 2.88. The molecule has 0 amide bonds. The van der Waals surface area contributed by atoms with Gasteiger partial charge in [0, 0.05) is 12.1 Å². The highest BCUT2D eigenvalue weighted by Gasteiger charge is 2.23. The van der Waals surface area contributed by atoms with Gasteiger partial charge in [-0.15, -0.1) is 0 Å². The average Bonchev–Trinajstić information content (AvgIpc) is 2.77. The highest BCUT2D eigenvalue weighted by atomic mass is 16.1. The van der Waals surface area contributed by atoms with Gasteiger partial charge in [-0.25, -0.2) is 4.98 Å². The number of carbonyl (C=O) groups excluding carboxylic acids is 1. The van der Waals surface area contributed by atoms with Gasteiger partial charge in [-0.1, -0.05) is 6.07 Å². The Hall–Kier alpha value is -1.68. The molecule has 2 aromatic heterocycles. The molecule has 1 aliphatic heterocycles. The van der Waals surface area contributed by atoms with Crippen molar-refractivity contribution in [3.05, 3.63) is 35.4 Å². The van der Waals surface area contributed by atoms with E-state index in [-0.39, 0.29) is 0 Å². The van der Waals surface area contributed by atoms with E-state index in [1.807, 2.05) is 12.1 Å². The molecule has 1 aliphatic rings. The van der Waals surface area contributed by atoms with Gasteiger partial charge >= 0.3 is 0 Å². The van der Waals surface area contributed by atoms with Crippen LogP contribution < -0.4 is 0 Å². The molecular weight excluding hydrogens is 238 g/mol. The summed E-state index contributed by atoms with van der Waals surface area (Å²) in [7, 11) is 2.15. The van der Waals surface area contributed by atoms with Crippen LogP contribution in [-0.4, -0.2) is 40.7 Å². The Morgan fingerprint density at radius 2 is 2.05 bits per heavy atom. The van der Waals surface area contributed by atoms with Crippen molar-refractivity contribution in [2.75, 3.05) is 20.1 Å². The van der Waals surface area contributed by atoms with Gasteiger partial charge in [-0.05, 0) is 51.5 Å². The molecule has 0 atom stereocenters. The number of imidazole rings is 1. The fraction of sp³-hybridized carbons (Fsp3) is 0.467. The van der Waals surface area contributed by atoms with Crippen molar-refractivity contribution in [3.8, 4) is 0 Å². The van der Waals surface area contributed by atoms with Crippen molar-refractivity contribution in [2.45, 2.75) is 25.7 Å². The highest BCUT2D eigenvalue weighted by Crippen LogP contribution is 2.28. The number of aryl methyl sites for hydroxylation is 1. The molecular formula is C15H19N3O. The summed E-state index contributed by atoms with van der Waals surface area (Å²) in [6, 6.07) is 4.02. The minimum atomic E-state index is 0.458. The molecule has 1 fully saturated rings. The van der Waals surface area contributed by atoms with Crippen LogP contribution in [0.25, 0.3) is 5.52 Å². The third-order valence-corrected chi connectivity index (χ3v) is 4.04. The van der Waals surface area contributed by atoms with E-state index in [1.54, 1.807) is 0 Å². The monoisotopic (exact) mass is 257 g/mol. The average molecular weight is 257 g/mol. The number of aldehydes is 1. The Kier molecular flexibility index (Phi) is 3.11. The summed E-state index contributed by atoms with van der Waals surface area (Å²) in [5.74, 6) is 1.51. The number of hydrogen-bond acceptors (Lipinski definition) is 3. The molecule has 0 saturated carbocycles. The van der Waals surface area contributed by atoms with E-state index in [4.69, 9.17) is 0 Å². The van der Waals surface area contributed by atoms with Gasteiger partial charge < -0.3 is 9.30 Å². The lowest BCUT2D eigenvalue weighted by atomic mass is 9.96. The SMILES string of the molecule is Cc1ccc2c(C=O)nc(C3CCN(C)CC3)n2c1. The lowest BCUT2D eigenvalue weighted by Gasteiger charge is -2.28. The van der Waals surface area contributed by atoms with Gasteiger partial charge in [0.15, 0.2) is 6.29 Å². The van der Waals surface area contributed by atoms with Crippen molar-refractivity contribution < 1.29 is 4.79 Å². The largest absolute Gasteiger partial charge is 0.306 e. The van der Waals surface area contributed by atoms with Crippen molar-refractivity contribution in [3.63, 3.8) is 0 Å². The number of carbonyl (C=O) groups is 1. The molecule has 0 spiro atoms. The predicted octanol–water partition coefficient (Wildman–Crippen LogP) is 2.26. The molecule has 0 aromatic carbocycles. The van der Waals surface area contributed by atoms with Gasteiger partial charge in [-0.2, -0.15) is 0 Å². The fourth-order valence-corrected chi connectivity index (χ4v) is 2.88. The maximum atomic E-state index is 11.2. The van der Waals surface area contributed by atoms with E-state index in [0.717, 1.165) is 43.6 Å². The standard InChI is InChI=1S/C15H19N3O/c1-11-3-4-14-13(10-19)16-15(18(14)9-11)12-5-7-17(2)8-6-12/h3-4,9-10,12H,5-8H2,1-2H3. The molecule has 2 aromatic rings. The minimum absolute atomic E-state index is 0.458. The molecule has 1 saturated heterocycles. The number of piperidine rings is 1. The second-order valence-corrected chi connectivity index (χ2v) is 5.51. The van der Waals surface area contributed by atoms with Crippen LogP contribution >= 0.6 is 0 Å².